The lowest BCUT2D eigenvalue weighted by molar-refractivity contribution is -0.124. The van der Waals surface area contributed by atoms with E-state index in [4.69, 9.17) is 0 Å². The molecule has 5 nitrogen and oxygen atoms in total. The van der Waals surface area contributed by atoms with Crippen LogP contribution in [0.3, 0.4) is 0 Å². The Morgan fingerprint density at radius 1 is 1.11 bits per heavy atom. The summed E-state index contributed by atoms with van der Waals surface area (Å²) < 4.78 is 18.5. The molecule has 2 aromatic heterocycles. The van der Waals surface area contributed by atoms with Crippen LogP contribution >= 0.6 is 0 Å². The van der Waals surface area contributed by atoms with Crippen LogP contribution in [0.15, 0.2) is 66.0 Å². The van der Waals surface area contributed by atoms with E-state index in [1.165, 1.54) is 11.6 Å². The van der Waals surface area contributed by atoms with Crippen molar-refractivity contribution in [2.45, 2.75) is 70.4 Å². The summed E-state index contributed by atoms with van der Waals surface area (Å²) in [6, 6.07) is 13.1. The summed E-state index contributed by atoms with van der Waals surface area (Å²) in [5.41, 5.74) is 3.67. The quantitative estimate of drug-likeness (QED) is 0.288. The number of hydrogen-bond acceptors (Lipinski definition) is 3. The van der Waals surface area contributed by atoms with Crippen molar-refractivity contribution >= 4 is 16.6 Å². The smallest absolute Gasteiger partial charge is 0.258 e. The van der Waals surface area contributed by atoms with Crippen molar-refractivity contribution in [2.75, 3.05) is 0 Å². The van der Waals surface area contributed by atoms with Crippen LogP contribution in [0.1, 0.15) is 75.0 Å². The zero-order chi connectivity index (χ0) is 25.5. The van der Waals surface area contributed by atoms with Gasteiger partial charge in [-0.05, 0) is 67.2 Å². The van der Waals surface area contributed by atoms with Crippen LogP contribution in [0.2, 0.25) is 0 Å². The number of nitrogens with zero attached hydrogens (tertiary/aromatic N) is 3. The summed E-state index contributed by atoms with van der Waals surface area (Å²) in [4.78, 5) is 30.5. The van der Waals surface area contributed by atoms with Gasteiger partial charge in [-0.15, -0.1) is 0 Å². The van der Waals surface area contributed by atoms with Gasteiger partial charge in [0, 0.05) is 41.6 Å². The minimum Gasteiger partial charge on any atom is -0.322 e. The first-order valence-corrected chi connectivity index (χ1v) is 13.5. The first kappa shape index (κ1) is 23.8. The Kier molecular flexibility index (Phi) is 6.27. The third-order valence-electron chi connectivity index (χ3n) is 8.47. The van der Waals surface area contributed by atoms with Gasteiger partial charge >= 0.3 is 0 Å². The fourth-order valence-corrected chi connectivity index (χ4v) is 6.37. The molecule has 190 valence electrons. The highest BCUT2D eigenvalue weighted by molar-refractivity contribution is 5.84. The van der Waals surface area contributed by atoms with Crippen molar-refractivity contribution in [1.82, 2.24) is 14.1 Å². The van der Waals surface area contributed by atoms with E-state index < -0.39 is 0 Å². The zero-order valence-corrected chi connectivity index (χ0v) is 21.2. The first-order valence-electron chi connectivity index (χ1n) is 13.5. The minimum absolute atomic E-state index is 0.00488. The number of imidazole rings is 1. The van der Waals surface area contributed by atoms with E-state index in [0.29, 0.717) is 17.9 Å². The Bertz CT molecular complexity index is 1530. The molecule has 1 fully saturated rings. The van der Waals surface area contributed by atoms with Crippen LogP contribution in [-0.2, 0) is 11.3 Å². The molecular formula is C31H32FN3O2. The summed E-state index contributed by atoms with van der Waals surface area (Å²) in [7, 11) is 0. The number of aromatic nitrogens is 3. The van der Waals surface area contributed by atoms with Crippen LogP contribution in [0.5, 0.6) is 0 Å². The molecule has 2 aliphatic rings. The molecular weight excluding hydrogens is 465 g/mol. The van der Waals surface area contributed by atoms with Crippen molar-refractivity contribution in [3.8, 4) is 11.3 Å². The highest BCUT2D eigenvalue weighted by Crippen LogP contribution is 2.44. The van der Waals surface area contributed by atoms with Gasteiger partial charge in [-0.3, -0.25) is 9.59 Å². The molecule has 0 amide bonds. The van der Waals surface area contributed by atoms with Crippen LogP contribution in [0.4, 0.5) is 4.39 Å². The molecule has 6 heteroatoms. The number of pyridine rings is 1. The number of carbonyl (C=O) groups is 1. The highest BCUT2D eigenvalue weighted by atomic mass is 19.1. The first-order chi connectivity index (χ1) is 18.0. The lowest BCUT2D eigenvalue weighted by atomic mass is 9.76. The number of carbonyl (C=O) groups excluding carboxylic acids is 1. The number of aryl methyl sites for hydroxylation is 1. The second-order valence-corrected chi connectivity index (χ2v) is 10.6. The van der Waals surface area contributed by atoms with E-state index in [1.807, 2.05) is 33.5 Å². The third-order valence-corrected chi connectivity index (χ3v) is 8.47. The van der Waals surface area contributed by atoms with Gasteiger partial charge in [0.1, 0.15) is 11.6 Å². The zero-order valence-electron chi connectivity index (χ0n) is 21.2. The van der Waals surface area contributed by atoms with Gasteiger partial charge in [-0.25, -0.2) is 9.37 Å². The summed E-state index contributed by atoms with van der Waals surface area (Å²) in [6.07, 6.45) is 11.3. The molecule has 2 aromatic carbocycles. The van der Waals surface area contributed by atoms with E-state index in [9.17, 15) is 14.0 Å². The predicted molar refractivity (Wildman–Crippen MR) is 143 cm³/mol. The van der Waals surface area contributed by atoms with E-state index in [-0.39, 0.29) is 29.1 Å². The van der Waals surface area contributed by atoms with Gasteiger partial charge in [0.05, 0.1) is 24.3 Å². The molecule has 0 saturated heterocycles. The topological polar surface area (TPSA) is 56.9 Å². The average Bonchev–Trinajstić information content (AvgIpc) is 3.51. The Morgan fingerprint density at radius 3 is 2.76 bits per heavy atom. The largest absolute Gasteiger partial charge is 0.322 e. The van der Waals surface area contributed by atoms with E-state index >= 15 is 0 Å². The standard InChI is InChI=1S/C31H32FN3O2/c1-2-3-14-34-15-13-23-16-22(11-12-24(23)31(34)37)20-7-9-21(10-8-20)29(36)17-27-30-25(5-4-6-26(30)32)28-18-33-19-35(27)28/h4-6,11-13,15-16,18-21,27H,2-3,7-10,14,17H2,1H3. The van der Waals surface area contributed by atoms with E-state index in [0.717, 1.165) is 67.1 Å². The van der Waals surface area contributed by atoms with Crippen LogP contribution in [0.25, 0.3) is 22.0 Å². The maximum atomic E-state index is 14.8. The monoisotopic (exact) mass is 497 g/mol. The van der Waals surface area contributed by atoms with Crippen molar-refractivity contribution in [2.24, 2.45) is 5.92 Å². The normalized spacial score (nSPS) is 20.6. The fourth-order valence-electron chi connectivity index (χ4n) is 6.37. The second-order valence-electron chi connectivity index (χ2n) is 10.6. The van der Waals surface area contributed by atoms with Gasteiger partial charge in [0.2, 0.25) is 0 Å². The number of ketones is 1. The molecule has 1 unspecified atom stereocenters. The third kappa shape index (κ3) is 4.22. The number of hydrogen-bond donors (Lipinski definition) is 0. The molecule has 3 heterocycles. The Labute approximate surface area is 216 Å². The Hall–Kier alpha value is -3.54. The maximum absolute atomic E-state index is 14.8. The van der Waals surface area contributed by atoms with Gasteiger partial charge < -0.3 is 9.13 Å². The molecule has 0 spiro atoms. The number of rotatable bonds is 7. The van der Waals surface area contributed by atoms with E-state index in [2.05, 4.69) is 24.0 Å². The van der Waals surface area contributed by atoms with Crippen molar-refractivity contribution in [3.05, 3.63) is 88.5 Å². The lowest BCUT2D eigenvalue weighted by Gasteiger charge is -2.29. The summed E-state index contributed by atoms with van der Waals surface area (Å²) >= 11 is 0. The molecule has 0 N–H and O–H groups in total. The number of halogens is 1. The molecule has 37 heavy (non-hydrogen) atoms. The number of fused-ring (bicyclic) bond motifs is 4. The molecule has 1 saturated carbocycles. The number of Topliss-reactive ketones (excluding diaryl/α,β-unsaturated/α-hetero) is 1. The molecule has 6 rings (SSSR count). The maximum Gasteiger partial charge on any atom is 0.258 e. The van der Waals surface area contributed by atoms with Gasteiger partial charge in [0.15, 0.2) is 0 Å². The van der Waals surface area contributed by atoms with Crippen molar-refractivity contribution in [3.63, 3.8) is 0 Å². The molecule has 1 aliphatic carbocycles. The summed E-state index contributed by atoms with van der Waals surface area (Å²) in [6.45, 7) is 2.88. The van der Waals surface area contributed by atoms with Crippen molar-refractivity contribution in [1.29, 1.82) is 0 Å². The highest BCUT2D eigenvalue weighted by Gasteiger charge is 2.35. The molecule has 1 atom stereocenters. The summed E-state index contributed by atoms with van der Waals surface area (Å²) in [5, 5.41) is 1.76. The van der Waals surface area contributed by atoms with Gasteiger partial charge in [0.25, 0.3) is 5.56 Å². The number of benzene rings is 2. The lowest BCUT2D eigenvalue weighted by Crippen LogP contribution is -2.24. The molecule has 1 aliphatic heterocycles. The van der Waals surface area contributed by atoms with Crippen LogP contribution < -0.4 is 5.56 Å². The van der Waals surface area contributed by atoms with Crippen LogP contribution in [0, 0.1) is 11.7 Å². The second kappa shape index (κ2) is 9.73. The molecule has 0 bridgehead atoms. The predicted octanol–water partition coefficient (Wildman–Crippen LogP) is 6.64. The molecule has 4 aromatic rings. The summed E-state index contributed by atoms with van der Waals surface area (Å²) in [5.74, 6) is 0.354. The molecule has 0 radical (unpaired) electrons. The Morgan fingerprint density at radius 2 is 1.95 bits per heavy atom. The fraction of sp³-hybridized carbons (Fsp3) is 0.387. The van der Waals surface area contributed by atoms with Crippen LogP contribution in [-0.4, -0.2) is 19.9 Å². The Balaban J connectivity index is 1.14. The average molecular weight is 498 g/mol. The number of unbranched alkanes of at least 4 members (excludes halogenated alkanes) is 1. The minimum atomic E-state index is -0.319. The van der Waals surface area contributed by atoms with E-state index in [1.54, 1.807) is 18.6 Å². The van der Waals surface area contributed by atoms with Gasteiger partial charge in [-0.2, -0.15) is 0 Å². The van der Waals surface area contributed by atoms with Gasteiger partial charge in [-0.1, -0.05) is 37.6 Å². The SMILES string of the molecule is CCCCn1ccc2cc(C3CCC(C(=O)CC4c5c(F)cccc5-c5cncn54)CC3)ccc2c1=O. The van der Waals surface area contributed by atoms with Crippen molar-refractivity contribution < 1.29 is 9.18 Å².